The minimum atomic E-state index is 0.593. The molecule has 1 aliphatic carbocycles. The van der Waals surface area contributed by atoms with Crippen molar-refractivity contribution in [3.63, 3.8) is 0 Å². The molecule has 1 aliphatic rings. The molecule has 80 valence electrons. The first-order chi connectivity index (χ1) is 7.81. The van der Waals surface area contributed by atoms with Gasteiger partial charge in [-0.2, -0.15) is 0 Å². The van der Waals surface area contributed by atoms with E-state index in [0.29, 0.717) is 5.92 Å². The maximum absolute atomic E-state index is 3.74. The first-order valence-electron chi connectivity index (χ1n) is 5.70. The fraction of sp³-hybridized carbons (Fsp3) is 0.200. The van der Waals surface area contributed by atoms with Gasteiger partial charge in [0.15, 0.2) is 0 Å². The Morgan fingerprint density at radius 3 is 2.88 bits per heavy atom. The second-order valence-corrected chi connectivity index (χ2v) is 5.08. The molecule has 1 unspecified atom stereocenters. The van der Waals surface area contributed by atoms with Crippen LogP contribution in [-0.2, 0) is 0 Å². The number of allylic oxidation sites excluding steroid dienone is 1. The molecule has 0 nitrogen and oxygen atoms in total. The second-order valence-electron chi connectivity index (χ2n) is 4.29. The average molecular weight is 273 g/mol. The van der Waals surface area contributed by atoms with Crippen molar-refractivity contribution in [1.82, 2.24) is 0 Å². The van der Waals surface area contributed by atoms with Crippen LogP contribution in [0.3, 0.4) is 0 Å². The van der Waals surface area contributed by atoms with E-state index >= 15 is 0 Å². The third kappa shape index (κ3) is 1.35. The van der Waals surface area contributed by atoms with E-state index in [-0.39, 0.29) is 0 Å². The maximum atomic E-state index is 3.74. The molecule has 1 atom stereocenters. The first-order valence-corrected chi connectivity index (χ1v) is 6.50. The van der Waals surface area contributed by atoms with Crippen molar-refractivity contribution in [2.24, 2.45) is 0 Å². The molecule has 0 heterocycles. The van der Waals surface area contributed by atoms with Crippen LogP contribution in [0.5, 0.6) is 0 Å². The SMILES string of the molecule is CCC1C=Cc2c1cc1ccccc1c2Br. The zero-order valence-electron chi connectivity index (χ0n) is 9.20. The number of halogens is 1. The molecule has 0 radical (unpaired) electrons. The third-order valence-electron chi connectivity index (χ3n) is 3.39. The van der Waals surface area contributed by atoms with Crippen LogP contribution in [0.4, 0.5) is 0 Å². The van der Waals surface area contributed by atoms with Crippen molar-refractivity contribution >= 4 is 32.8 Å². The normalized spacial score (nSPS) is 18.0. The van der Waals surface area contributed by atoms with Crippen molar-refractivity contribution < 1.29 is 0 Å². The van der Waals surface area contributed by atoms with Gasteiger partial charge >= 0.3 is 0 Å². The van der Waals surface area contributed by atoms with E-state index in [1.165, 1.54) is 32.8 Å². The van der Waals surface area contributed by atoms with Crippen LogP contribution in [0.2, 0.25) is 0 Å². The Morgan fingerprint density at radius 2 is 2.06 bits per heavy atom. The average Bonchev–Trinajstić information content (AvgIpc) is 2.72. The van der Waals surface area contributed by atoms with Gasteiger partial charge in [0, 0.05) is 10.4 Å². The van der Waals surface area contributed by atoms with Crippen LogP contribution in [0.25, 0.3) is 16.8 Å². The molecule has 0 bridgehead atoms. The monoisotopic (exact) mass is 272 g/mol. The standard InChI is InChI=1S/C15H13Br/c1-2-10-7-8-13-14(10)9-11-5-3-4-6-12(11)15(13)16/h3-10H,2H2,1H3. The summed E-state index contributed by atoms with van der Waals surface area (Å²) in [6, 6.07) is 10.9. The summed E-state index contributed by atoms with van der Waals surface area (Å²) in [7, 11) is 0. The molecule has 3 rings (SSSR count). The molecule has 0 amide bonds. The molecule has 0 fully saturated rings. The fourth-order valence-electron chi connectivity index (χ4n) is 2.49. The van der Waals surface area contributed by atoms with Gasteiger partial charge in [-0.15, -0.1) is 0 Å². The van der Waals surface area contributed by atoms with Crippen molar-refractivity contribution in [2.75, 3.05) is 0 Å². The van der Waals surface area contributed by atoms with Gasteiger partial charge < -0.3 is 0 Å². The summed E-state index contributed by atoms with van der Waals surface area (Å²) >= 11 is 3.74. The summed E-state index contributed by atoms with van der Waals surface area (Å²) in [5.74, 6) is 0.593. The molecule has 0 N–H and O–H groups in total. The van der Waals surface area contributed by atoms with Crippen LogP contribution >= 0.6 is 15.9 Å². The smallest absolute Gasteiger partial charge is 0.0329 e. The van der Waals surface area contributed by atoms with Crippen LogP contribution in [-0.4, -0.2) is 0 Å². The highest BCUT2D eigenvalue weighted by atomic mass is 79.9. The number of hydrogen-bond acceptors (Lipinski definition) is 0. The predicted molar refractivity (Wildman–Crippen MR) is 73.7 cm³/mol. The van der Waals surface area contributed by atoms with Gasteiger partial charge in [-0.3, -0.25) is 0 Å². The lowest BCUT2D eigenvalue weighted by Crippen LogP contribution is -1.92. The highest BCUT2D eigenvalue weighted by Crippen LogP contribution is 2.40. The minimum Gasteiger partial charge on any atom is -0.0764 e. The van der Waals surface area contributed by atoms with Crippen LogP contribution in [0.1, 0.15) is 30.4 Å². The van der Waals surface area contributed by atoms with E-state index in [9.17, 15) is 0 Å². The second kappa shape index (κ2) is 3.74. The van der Waals surface area contributed by atoms with Crippen LogP contribution in [0, 0.1) is 0 Å². The van der Waals surface area contributed by atoms with E-state index in [4.69, 9.17) is 0 Å². The van der Waals surface area contributed by atoms with E-state index < -0.39 is 0 Å². The summed E-state index contributed by atoms with van der Waals surface area (Å²) in [5, 5.41) is 2.64. The lowest BCUT2D eigenvalue weighted by atomic mass is 9.95. The highest BCUT2D eigenvalue weighted by molar-refractivity contribution is 9.10. The Balaban J connectivity index is 2.35. The summed E-state index contributed by atoms with van der Waals surface area (Å²) in [5.41, 5.74) is 2.83. The number of benzene rings is 2. The molecule has 0 aliphatic heterocycles. The Morgan fingerprint density at radius 1 is 1.25 bits per heavy atom. The first kappa shape index (κ1) is 10.1. The predicted octanol–water partition coefficient (Wildman–Crippen LogP) is 5.12. The molecule has 2 aromatic carbocycles. The quantitative estimate of drug-likeness (QED) is 0.676. The van der Waals surface area contributed by atoms with Crippen LogP contribution in [0.15, 0.2) is 40.9 Å². The summed E-state index contributed by atoms with van der Waals surface area (Å²) < 4.78 is 1.24. The van der Waals surface area contributed by atoms with E-state index in [1.807, 2.05) is 0 Å². The third-order valence-corrected chi connectivity index (χ3v) is 4.24. The molecule has 0 saturated heterocycles. The van der Waals surface area contributed by atoms with Gasteiger partial charge in [0.2, 0.25) is 0 Å². The van der Waals surface area contributed by atoms with Crippen LogP contribution < -0.4 is 0 Å². The van der Waals surface area contributed by atoms with Gasteiger partial charge in [0.05, 0.1) is 0 Å². The van der Waals surface area contributed by atoms with Crippen molar-refractivity contribution in [3.8, 4) is 0 Å². The van der Waals surface area contributed by atoms with Crippen molar-refractivity contribution in [1.29, 1.82) is 0 Å². The Labute approximate surface area is 104 Å². The molecule has 16 heavy (non-hydrogen) atoms. The van der Waals surface area contributed by atoms with E-state index in [1.54, 1.807) is 0 Å². The molecule has 2 aromatic rings. The summed E-state index contributed by atoms with van der Waals surface area (Å²) in [6.45, 7) is 2.24. The molecular weight excluding hydrogens is 260 g/mol. The number of hydrogen-bond donors (Lipinski definition) is 0. The van der Waals surface area contributed by atoms with Crippen molar-refractivity contribution in [2.45, 2.75) is 19.3 Å². The number of rotatable bonds is 1. The topological polar surface area (TPSA) is 0 Å². The minimum absolute atomic E-state index is 0.593. The van der Waals surface area contributed by atoms with Gasteiger partial charge in [0.25, 0.3) is 0 Å². The zero-order valence-corrected chi connectivity index (χ0v) is 10.8. The lowest BCUT2D eigenvalue weighted by molar-refractivity contribution is 0.819. The van der Waals surface area contributed by atoms with Gasteiger partial charge in [0.1, 0.15) is 0 Å². The Hall–Kier alpha value is -1.08. The zero-order chi connectivity index (χ0) is 11.1. The summed E-state index contributed by atoms with van der Waals surface area (Å²) in [6.07, 6.45) is 5.74. The molecular formula is C15H13Br. The molecule has 0 aromatic heterocycles. The van der Waals surface area contributed by atoms with Gasteiger partial charge in [-0.05, 0) is 50.3 Å². The van der Waals surface area contributed by atoms with E-state index in [2.05, 4.69) is 65.3 Å². The maximum Gasteiger partial charge on any atom is 0.0329 e. The number of fused-ring (bicyclic) bond motifs is 2. The molecule has 1 heteroatoms. The van der Waals surface area contributed by atoms with Gasteiger partial charge in [-0.25, -0.2) is 0 Å². The van der Waals surface area contributed by atoms with Crippen molar-refractivity contribution in [3.05, 3.63) is 52.0 Å². The summed E-state index contributed by atoms with van der Waals surface area (Å²) in [4.78, 5) is 0. The largest absolute Gasteiger partial charge is 0.0764 e. The van der Waals surface area contributed by atoms with E-state index in [0.717, 1.165) is 0 Å². The Bertz CT molecular complexity index is 581. The Kier molecular flexibility index (Phi) is 2.36. The fourth-order valence-corrected chi connectivity index (χ4v) is 3.21. The molecule has 0 saturated carbocycles. The highest BCUT2D eigenvalue weighted by Gasteiger charge is 2.19. The van der Waals surface area contributed by atoms with Gasteiger partial charge in [-0.1, -0.05) is 43.3 Å². The lowest BCUT2D eigenvalue weighted by Gasteiger charge is -2.11. The molecule has 0 spiro atoms.